The molecule has 0 aromatic carbocycles. The largest absolute Gasteiger partial charge is 0.316 e. The molecule has 0 amide bonds. The van der Waals surface area contributed by atoms with E-state index in [1.54, 1.807) is 0 Å². The molecule has 0 aromatic rings. The molecular weight excluding hydrogens is 258 g/mol. The van der Waals surface area contributed by atoms with Crippen LogP contribution in [0.4, 0.5) is 0 Å². The first-order chi connectivity index (χ1) is 10.0. The van der Waals surface area contributed by atoms with Crippen LogP contribution in [0.2, 0.25) is 0 Å². The van der Waals surface area contributed by atoms with E-state index in [1.807, 2.05) is 0 Å². The van der Waals surface area contributed by atoms with Crippen molar-refractivity contribution >= 4 is 0 Å². The van der Waals surface area contributed by atoms with E-state index in [0.29, 0.717) is 5.41 Å². The third kappa shape index (κ3) is 5.22. The van der Waals surface area contributed by atoms with Crippen molar-refractivity contribution in [1.82, 2.24) is 15.1 Å². The van der Waals surface area contributed by atoms with Gasteiger partial charge in [0, 0.05) is 38.8 Å². The van der Waals surface area contributed by atoms with Crippen molar-refractivity contribution in [3.63, 3.8) is 0 Å². The summed E-state index contributed by atoms with van der Waals surface area (Å²) in [5.41, 5.74) is 0.422. The minimum atomic E-state index is 0.422. The molecule has 0 aromatic heterocycles. The molecule has 0 aliphatic carbocycles. The molecule has 2 heterocycles. The number of piperazine rings is 1. The lowest BCUT2D eigenvalue weighted by Gasteiger charge is -2.46. The average Bonchev–Trinajstić information content (AvgIpc) is 2.46. The maximum atomic E-state index is 3.69. The first-order valence-electron chi connectivity index (χ1n) is 9.19. The molecule has 1 N–H and O–H groups in total. The predicted molar refractivity (Wildman–Crippen MR) is 91.8 cm³/mol. The summed E-state index contributed by atoms with van der Waals surface area (Å²) >= 11 is 0. The number of rotatable bonds is 7. The Morgan fingerprint density at radius 1 is 1.19 bits per heavy atom. The van der Waals surface area contributed by atoms with Crippen LogP contribution in [0.15, 0.2) is 0 Å². The molecule has 2 aliphatic heterocycles. The highest BCUT2D eigenvalue weighted by atomic mass is 15.3. The van der Waals surface area contributed by atoms with Crippen LogP contribution < -0.4 is 5.32 Å². The van der Waals surface area contributed by atoms with E-state index in [9.17, 15) is 0 Å². The van der Waals surface area contributed by atoms with Gasteiger partial charge in [0.25, 0.3) is 0 Å². The van der Waals surface area contributed by atoms with Crippen LogP contribution in [0.3, 0.4) is 0 Å². The van der Waals surface area contributed by atoms with Crippen molar-refractivity contribution in [2.75, 3.05) is 45.8 Å². The second-order valence-electron chi connectivity index (χ2n) is 8.11. The highest BCUT2D eigenvalue weighted by molar-refractivity contribution is 4.88. The molecule has 0 bridgehead atoms. The maximum Gasteiger partial charge on any atom is 0.0223 e. The van der Waals surface area contributed by atoms with Crippen LogP contribution in [-0.4, -0.2) is 61.7 Å². The van der Waals surface area contributed by atoms with Gasteiger partial charge in [-0.05, 0) is 43.7 Å². The number of fused-ring (bicyclic) bond motifs is 1. The Balaban J connectivity index is 1.80. The Morgan fingerprint density at radius 2 is 2.00 bits per heavy atom. The van der Waals surface area contributed by atoms with E-state index in [4.69, 9.17) is 0 Å². The summed E-state index contributed by atoms with van der Waals surface area (Å²) < 4.78 is 0. The van der Waals surface area contributed by atoms with Gasteiger partial charge in [0.05, 0.1) is 0 Å². The fourth-order valence-corrected chi connectivity index (χ4v) is 3.86. The Bertz CT molecular complexity index is 305. The number of hydrogen-bond donors (Lipinski definition) is 1. The van der Waals surface area contributed by atoms with Gasteiger partial charge in [-0.1, -0.05) is 34.1 Å². The Morgan fingerprint density at radius 3 is 2.71 bits per heavy atom. The second-order valence-corrected chi connectivity index (χ2v) is 8.11. The predicted octanol–water partition coefficient (Wildman–Crippen LogP) is 2.82. The third-order valence-electron chi connectivity index (χ3n) is 5.48. The van der Waals surface area contributed by atoms with Gasteiger partial charge in [0.15, 0.2) is 0 Å². The monoisotopic (exact) mass is 295 g/mol. The van der Waals surface area contributed by atoms with Crippen molar-refractivity contribution in [2.45, 2.75) is 59.4 Å². The normalized spacial score (nSPS) is 27.6. The van der Waals surface area contributed by atoms with E-state index in [2.05, 4.69) is 42.8 Å². The summed E-state index contributed by atoms with van der Waals surface area (Å²) in [4.78, 5) is 5.48. The molecule has 2 unspecified atom stereocenters. The van der Waals surface area contributed by atoms with Gasteiger partial charge in [-0.25, -0.2) is 0 Å². The minimum absolute atomic E-state index is 0.422. The molecule has 21 heavy (non-hydrogen) atoms. The van der Waals surface area contributed by atoms with Crippen molar-refractivity contribution in [3.05, 3.63) is 0 Å². The van der Waals surface area contributed by atoms with Gasteiger partial charge in [-0.2, -0.15) is 0 Å². The fourth-order valence-electron chi connectivity index (χ4n) is 3.86. The van der Waals surface area contributed by atoms with Gasteiger partial charge in [-0.3, -0.25) is 9.80 Å². The SMILES string of the molecule is CCC(C)(CNCC(C)C)CN1CCN2CCCCC2C1. The number of nitrogens with one attached hydrogen (secondary N) is 1. The Hall–Kier alpha value is -0.120. The lowest BCUT2D eigenvalue weighted by molar-refractivity contribution is 0.0277. The van der Waals surface area contributed by atoms with Crippen molar-refractivity contribution in [1.29, 1.82) is 0 Å². The van der Waals surface area contributed by atoms with E-state index in [1.165, 1.54) is 58.4 Å². The van der Waals surface area contributed by atoms with Crippen LogP contribution in [-0.2, 0) is 0 Å². The zero-order valence-corrected chi connectivity index (χ0v) is 14.8. The maximum absolute atomic E-state index is 3.69. The van der Waals surface area contributed by atoms with E-state index >= 15 is 0 Å². The highest BCUT2D eigenvalue weighted by Crippen LogP contribution is 2.26. The van der Waals surface area contributed by atoms with Crippen LogP contribution in [0, 0.1) is 11.3 Å². The molecule has 3 heteroatoms. The molecule has 2 rings (SSSR count). The van der Waals surface area contributed by atoms with Crippen LogP contribution in [0.5, 0.6) is 0 Å². The van der Waals surface area contributed by atoms with E-state index < -0.39 is 0 Å². The number of nitrogens with zero attached hydrogens (tertiary/aromatic N) is 2. The highest BCUT2D eigenvalue weighted by Gasteiger charge is 2.32. The summed E-state index contributed by atoms with van der Waals surface area (Å²) in [5, 5.41) is 3.69. The summed E-state index contributed by atoms with van der Waals surface area (Å²) in [6.07, 6.45) is 5.55. The standard InChI is InChI=1S/C18H37N3/c1-5-18(4,14-19-12-16(2)3)15-20-10-11-21-9-7-6-8-17(21)13-20/h16-17,19H,5-15H2,1-4H3. The van der Waals surface area contributed by atoms with Crippen LogP contribution >= 0.6 is 0 Å². The summed E-state index contributed by atoms with van der Waals surface area (Å²) in [6.45, 7) is 18.2. The zero-order chi connectivity index (χ0) is 15.3. The topological polar surface area (TPSA) is 18.5 Å². The van der Waals surface area contributed by atoms with Crippen molar-refractivity contribution < 1.29 is 0 Å². The van der Waals surface area contributed by atoms with Crippen LogP contribution in [0.1, 0.15) is 53.4 Å². The van der Waals surface area contributed by atoms with Gasteiger partial charge >= 0.3 is 0 Å². The van der Waals surface area contributed by atoms with Crippen LogP contribution in [0.25, 0.3) is 0 Å². The van der Waals surface area contributed by atoms with Crippen molar-refractivity contribution in [2.24, 2.45) is 11.3 Å². The first kappa shape index (κ1) is 17.2. The average molecular weight is 296 g/mol. The molecule has 124 valence electrons. The molecule has 2 fully saturated rings. The van der Waals surface area contributed by atoms with Crippen molar-refractivity contribution in [3.8, 4) is 0 Å². The second kappa shape index (κ2) is 7.94. The lowest BCUT2D eigenvalue weighted by atomic mass is 9.86. The summed E-state index contributed by atoms with van der Waals surface area (Å²) in [5.74, 6) is 0.747. The Kier molecular flexibility index (Phi) is 6.51. The number of piperidine rings is 1. The van der Waals surface area contributed by atoms with Gasteiger partial charge in [-0.15, -0.1) is 0 Å². The van der Waals surface area contributed by atoms with Gasteiger partial charge in [0.2, 0.25) is 0 Å². The van der Waals surface area contributed by atoms with Gasteiger partial charge in [0.1, 0.15) is 0 Å². The summed E-state index contributed by atoms with van der Waals surface area (Å²) in [7, 11) is 0. The lowest BCUT2D eigenvalue weighted by Crippen LogP contribution is -2.57. The quantitative estimate of drug-likeness (QED) is 0.779. The number of hydrogen-bond acceptors (Lipinski definition) is 3. The minimum Gasteiger partial charge on any atom is -0.316 e. The smallest absolute Gasteiger partial charge is 0.0223 e. The fraction of sp³-hybridized carbons (Fsp3) is 1.00. The molecule has 2 atom stereocenters. The zero-order valence-electron chi connectivity index (χ0n) is 14.8. The molecular formula is C18H37N3. The Labute approximate surface area is 132 Å². The third-order valence-corrected chi connectivity index (χ3v) is 5.48. The molecule has 0 spiro atoms. The molecule has 2 saturated heterocycles. The first-order valence-corrected chi connectivity index (χ1v) is 9.19. The van der Waals surface area contributed by atoms with E-state index in [0.717, 1.165) is 25.0 Å². The van der Waals surface area contributed by atoms with E-state index in [-0.39, 0.29) is 0 Å². The summed E-state index contributed by atoms with van der Waals surface area (Å²) in [6, 6.07) is 0.845. The van der Waals surface area contributed by atoms with Gasteiger partial charge < -0.3 is 5.32 Å². The molecule has 3 nitrogen and oxygen atoms in total. The molecule has 0 saturated carbocycles. The molecule has 0 radical (unpaired) electrons. The molecule has 2 aliphatic rings.